The fraction of sp³-hybridized carbons (Fsp3) is 0.500. The van der Waals surface area contributed by atoms with E-state index in [0.29, 0.717) is 29.3 Å². The summed E-state index contributed by atoms with van der Waals surface area (Å²) in [7, 11) is 0. The van der Waals surface area contributed by atoms with Gasteiger partial charge in [-0.1, -0.05) is 0 Å². The Kier molecular flexibility index (Phi) is 1.79. The Morgan fingerprint density at radius 1 is 1.31 bits per heavy atom. The van der Waals surface area contributed by atoms with Gasteiger partial charge in [0.2, 0.25) is 11.6 Å². The molecule has 0 aromatic heterocycles. The maximum Gasteiger partial charge on any atom is 0.207 e. The van der Waals surface area contributed by atoms with Crippen LogP contribution >= 0.6 is 0 Å². The number of Topliss-reactive ketones (excluding diaryl/α,β-unsaturated/α-hetero) is 2. The highest BCUT2D eigenvalue weighted by Gasteiger charge is 2.44. The van der Waals surface area contributed by atoms with E-state index in [1.165, 1.54) is 0 Å². The van der Waals surface area contributed by atoms with Gasteiger partial charge < -0.3 is 10.6 Å². The Balaban J connectivity index is 2.10. The van der Waals surface area contributed by atoms with Crippen molar-refractivity contribution in [1.82, 2.24) is 4.90 Å². The predicted molar refractivity (Wildman–Crippen MR) is 58.3 cm³/mol. The number of carbonyl (C=O) groups excluding carboxylic acids is 2. The van der Waals surface area contributed by atoms with Crippen LogP contribution in [0.1, 0.15) is 26.2 Å². The Morgan fingerprint density at radius 3 is 2.81 bits per heavy atom. The third kappa shape index (κ3) is 0.991. The Hall–Kier alpha value is -1.58. The van der Waals surface area contributed by atoms with E-state index in [1.807, 2.05) is 0 Å². The first-order chi connectivity index (χ1) is 7.61. The van der Waals surface area contributed by atoms with E-state index >= 15 is 0 Å². The van der Waals surface area contributed by atoms with Crippen LogP contribution in [0.4, 0.5) is 0 Å². The molecule has 3 rings (SSSR count). The molecule has 0 saturated carbocycles. The third-order valence-corrected chi connectivity index (χ3v) is 3.87. The molecule has 0 radical (unpaired) electrons. The second-order valence-electron chi connectivity index (χ2n) is 4.72. The largest absolute Gasteiger partial charge is 0.395 e. The van der Waals surface area contributed by atoms with Gasteiger partial charge >= 0.3 is 0 Å². The second-order valence-corrected chi connectivity index (χ2v) is 4.72. The molecule has 2 N–H and O–H groups in total. The molecule has 0 amide bonds. The first-order valence-electron chi connectivity index (χ1n) is 5.67. The normalized spacial score (nSPS) is 29.1. The summed E-state index contributed by atoms with van der Waals surface area (Å²) in [4.78, 5) is 26.2. The first-order valence-corrected chi connectivity index (χ1v) is 5.67. The van der Waals surface area contributed by atoms with Gasteiger partial charge in [0, 0.05) is 23.7 Å². The van der Waals surface area contributed by atoms with E-state index in [0.717, 1.165) is 19.4 Å². The highest BCUT2D eigenvalue weighted by atomic mass is 16.1. The summed E-state index contributed by atoms with van der Waals surface area (Å²) < 4.78 is 0. The number of nitrogens with zero attached hydrogens (tertiary/aromatic N) is 1. The summed E-state index contributed by atoms with van der Waals surface area (Å²) in [6.45, 7) is 2.54. The molecule has 2 heterocycles. The van der Waals surface area contributed by atoms with Gasteiger partial charge in [0.05, 0.1) is 11.4 Å². The first kappa shape index (κ1) is 9.63. The fourth-order valence-corrected chi connectivity index (χ4v) is 2.95. The van der Waals surface area contributed by atoms with Gasteiger partial charge in [-0.2, -0.15) is 0 Å². The fourth-order valence-electron chi connectivity index (χ4n) is 2.95. The molecule has 4 heteroatoms. The van der Waals surface area contributed by atoms with Crippen LogP contribution in [0.2, 0.25) is 0 Å². The summed E-state index contributed by atoms with van der Waals surface area (Å²) in [5.74, 6) is -0.169. The van der Waals surface area contributed by atoms with Crippen LogP contribution in [0.5, 0.6) is 0 Å². The van der Waals surface area contributed by atoms with Gasteiger partial charge in [0.25, 0.3) is 0 Å². The van der Waals surface area contributed by atoms with Crippen LogP contribution < -0.4 is 5.73 Å². The molecule has 0 spiro atoms. The molecule has 0 bridgehead atoms. The van der Waals surface area contributed by atoms with Gasteiger partial charge in [-0.05, 0) is 26.2 Å². The summed E-state index contributed by atoms with van der Waals surface area (Å²) in [6.07, 6.45) is 2.89. The lowest BCUT2D eigenvalue weighted by atomic mass is 9.91. The number of nitrogens with two attached hydrogens (primary N) is 1. The molecular weight excluding hydrogens is 204 g/mol. The number of hydrogen-bond acceptors (Lipinski definition) is 4. The number of carbonyl (C=O) groups is 2. The van der Waals surface area contributed by atoms with Crippen molar-refractivity contribution >= 4 is 11.6 Å². The predicted octanol–water partition coefficient (Wildman–Crippen LogP) is 0.493. The monoisotopic (exact) mass is 218 g/mol. The lowest BCUT2D eigenvalue weighted by Gasteiger charge is -2.23. The minimum atomic E-state index is -0.124. The molecule has 16 heavy (non-hydrogen) atoms. The van der Waals surface area contributed by atoms with Crippen LogP contribution in [0.15, 0.2) is 22.5 Å². The summed E-state index contributed by atoms with van der Waals surface area (Å²) >= 11 is 0. The van der Waals surface area contributed by atoms with Crippen molar-refractivity contribution in [3.8, 4) is 0 Å². The minimum absolute atomic E-state index is 0.0449. The molecule has 0 aromatic carbocycles. The van der Waals surface area contributed by atoms with Crippen molar-refractivity contribution in [3.63, 3.8) is 0 Å². The van der Waals surface area contributed by atoms with Gasteiger partial charge in [-0.25, -0.2) is 0 Å². The molecule has 1 atom stereocenters. The number of rotatable bonds is 0. The van der Waals surface area contributed by atoms with E-state index < -0.39 is 0 Å². The quantitative estimate of drug-likeness (QED) is 0.601. The van der Waals surface area contributed by atoms with Crippen LogP contribution in [0, 0.1) is 0 Å². The molecule has 1 fully saturated rings. The van der Waals surface area contributed by atoms with Crippen molar-refractivity contribution in [2.24, 2.45) is 5.73 Å². The second kappa shape index (κ2) is 2.97. The molecule has 4 nitrogen and oxygen atoms in total. The number of fused-ring (bicyclic) bond motifs is 2. The average molecular weight is 218 g/mol. The Morgan fingerprint density at radius 2 is 2.06 bits per heavy atom. The maximum absolute atomic E-state index is 12.1. The number of hydrogen-bond donors (Lipinski definition) is 1. The highest BCUT2D eigenvalue weighted by Crippen LogP contribution is 2.40. The summed E-state index contributed by atoms with van der Waals surface area (Å²) in [5, 5.41) is 0. The van der Waals surface area contributed by atoms with Crippen molar-refractivity contribution in [2.45, 2.75) is 32.2 Å². The molecule has 1 saturated heterocycles. The molecule has 1 unspecified atom stereocenters. The molecule has 0 aromatic rings. The van der Waals surface area contributed by atoms with Crippen LogP contribution in [-0.4, -0.2) is 29.1 Å². The van der Waals surface area contributed by atoms with E-state index in [1.54, 1.807) is 6.92 Å². The van der Waals surface area contributed by atoms with Crippen molar-refractivity contribution in [1.29, 1.82) is 0 Å². The van der Waals surface area contributed by atoms with Gasteiger partial charge in [0.15, 0.2) is 0 Å². The van der Waals surface area contributed by atoms with E-state index in [9.17, 15) is 9.59 Å². The molecular formula is C12H14N2O2. The van der Waals surface area contributed by atoms with Crippen LogP contribution in [-0.2, 0) is 9.59 Å². The zero-order valence-corrected chi connectivity index (χ0v) is 9.25. The minimum Gasteiger partial charge on any atom is -0.395 e. The molecule has 3 aliphatic rings. The van der Waals surface area contributed by atoms with Crippen molar-refractivity contribution in [3.05, 3.63) is 22.5 Å². The summed E-state index contributed by atoms with van der Waals surface area (Å²) in [5.41, 5.74) is 7.52. The van der Waals surface area contributed by atoms with E-state index in [-0.39, 0.29) is 17.3 Å². The lowest BCUT2D eigenvalue weighted by Crippen LogP contribution is -2.31. The number of allylic oxidation sites excluding steroid dienone is 2. The van der Waals surface area contributed by atoms with E-state index in [4.69, 9.17) is 5.73 Å². The Labute approximate surface area is 93.8 Å². The van der Waals surface area contributed by atoms with E-state index in [2.05, 4.69) is 4.90 Å². The van der Waals surface area contributed by atoms with Gasteiger partial charge in [-0.3, -0.25) is 9.59 Å². The van der Waals surface area contributed by atoms with Crippen molar-refractivity contribution in [2.75, 3.05) is 6.54 Å². The zero-order valence-electron chi connectivity index (χ0n) is 9.25. The molecule has 2 aliphatic heterocycles. The lowest BCUT2D eigenvalue weighted by molar-refractivity contribution is -0.117. The topological polar surface area (TPSA) is 63.4 Å². The van der Waals surface area contributed by atoms with Crippen molar-refractivity contribution < 1.29 is 9.59 Å². The molecule has 1 aliphatic carbocycles. The zero-order chi connectivity index (χ0) is 11.4. The Bertz CT molecular complexity index is 473. The van der Waals surface area contributed by atoms with Gasteiger partial charge in [0.1, 0.15) is 0 Å². The average Bonchev–Trinajstić information content (AvgIpc) is 2.82. The standard InChI is InChI=1S/C12H14N2O2/c1-6-9(13)12(16)8-5-7-3-2-4-14(7)10(8)11(6)15/h7H,2-5,13H2,1H3. The molecule has 84 valence electrons. The maximum atomic E-state index is 12.1. The van der Waals surface area contributed by atoms with Crippen LogP contribution in [0.25, 0.3) is 0 Å². The van der Waals surface area contributed by atoms with Crippen LogP contribution in [0.3, 0.4) is 0 Å². The summed E-state index contributed by atoms with van der Waals surface area (Å²) in [6, 6.07) is 0.358. The van der Waals surface area contributed by atoms with Gasteiger partial charge in [-0.15, -0.1) is 0 Å². The smallest absolute Gasteiger partial charge is 0.207 e. The third-order valence-electron chi connectivity index (χ3n) is 3.87. The SMILES string of the molecule is CC1=C(N)C(=O)C2=C(C1=O)N1CCCC1C2. The number of ketones is 2. The highest BCUT2D eigenvalue weighted by molar-refractivity contribution is 6.24.